The fraction of sp³-hybridized carbons (Fsp3) is 0.650. The molecule has 1 amide bonds. The largest absolute Gasteiger partial charge is 0.481 e. The molecule has 0 aromatic heterocycles. The van der Waals surface area contributed by atoms with E-state index >= 15 is 0 Å². The summed E-state index contributed by atoms with van der Waals surface area (Å²) in [5.41, 5.74) is 5.91. The van der Waals surface area contributed by atoms with Gasteiger partial charge in [0.2, 0.25) is 5.91 Å². The quantitative estimate of drug-likeness (QED) is 0.628. The molecule has 0 radical (unpaired) electrons. The highest BCUT2D eigenvalue weighted by Crippen LogP contribution is 2.38. The number of nitrogens with one attached hydrogen (secondary N) is 1. The van der Waals surface area contributed by atoms with Crippen molar-refractivity contribution in [2.75, 3.05) is 13.7 Å². The van der Waals surface area contributed by atoms with Crippen LogP contribution >= 0.6 is 0 Å². The van der Waals surface area contributed by atoms with E-state index in [1.165, 1.54) is 19.2 Å². The molecular weight excluding hydrogens is 362 g/mol. The first-order chi connectivity index (χ1) is 13.1. The summed E-state index contributed by atoms with van der Waals surface area (Å²) in [5.74, 6) is -0.904. The molecule has 1 aromatic carbocycles. The number of amides is 1. The Morgan fingerprint density at radius 2 is 1.79 bits per heavy atom. The second-order valence-corrected chi connectivity index (χ2v) is 8.32. The maximum atomic E-state index is 13.1. The fourth-order valence-corrected chi connectivity index (χ4v) is 3.05. The zero-order valence-corrected chi connectivity index (χ0v) is 17.5. The number of benzene rings is 1. The van der Waals surface area contributed by atoms with Crippen LogP contribution in [0.2, 0.25) is 0 Å². The van der Waals surface area contributed by atoms with Crippen molar-refractivity contribution in [1.29, 1.82) is 0 Å². The van der Waals surface area contributed by atoms with E-state index in [0.29, 0.717) is 6.42 Å². The van der Waals surface area contributed by atoms with Gasteiger partial charge in [0.25, 0.3) is 0 Å². The van der Waals surface area contributed by atoms with Crippen LogP contribution in [0.15, 0.2) is 24.3 Å². The van der Waals surface area contributed by atoms with Crippen LogP contribution in [0.5, 0.6) is 0 Å². The molecule has 0 aliphatic carbocycles. The first-order valence-electron chi connectivity index (χ1n) is 9.71. The molecule has 2 rings (SSSR count). The molecule has 1 aliphatic heterocycles. The number of methoxy groups -OCH3 is 1. The highest BCUT2D eigenvalue weighted by Gasteiger charge is 2.54. The molecule has 2 unspecified atom stereocenters. The highest BCUT2D eigenvalue weighted by molar-refractivity contribution is 6.48. The van der Waals surface area contributed by atoms with Crippen LogP contribution in [0.1, 0.15) is 46.1 Å². The number of rotatable bonds is 9. The summed E-state index contributed by atoms with van der Waals surface area (Å²) < 4.78 is 30.3. The smallest absolute Gasteiger partial charge is 0.402 e. The molecule has 3 N–H and O–H groups in total. The minimum atomic E-state index is -0.757. The molecule has 1 aromatic rings. The Bertz CT molecular complexity index is 638. The lowest BCUT2D eigenvalue weighted by atomic mass is 9.75. The molecule has 6 nitrogen and oxygen atoms in total. The maximum Gasteiger partial charge on any atom is 0.481 e. The lowest BCUT2D eigenvalue weighted by Gasteiger charge is -2.32. The maximum absolute atomic E-state index is 13.1. The van der Waals surface area contributed by atoms with Gasteiger partial charge < -0.3 is 25.1 Å². The summed E-state index contributed by atoms with van der Waals surface area (Å²) in [5, 5.41) is 2.96. The number of carbonyl (C=O) groups excluding carboxylic acids is 1. The third-order valence-electron chi connectivity index (χ3n) is 5.50. The molecular formula is C20H32BFN2O4. The van der Waals surface area contributed by atoms with Crippen LogP contribution in [-0.2, 0) is 25.3 Å². The Labute approximate surface area is 167 Å². The number of halogens is 1. The van der Waals surface area contributed by atoms with Gasteiger partial charge in [0, 0.05) is 7.11 Å². The summed E-state index contributed by atoms with van der Waals surface area (Å²) in [7, 11) is 0.929. The Kier molecular flexibility index (Phi) is 7.62. The summed E-state index contributed by atoms with van der Waals surface area (Å²) in [6.45, 7) is 8.03. The molecule has 1 aliphatic rings. The van der Waals surface area contributed by atoms with Gasteiger partial charge in [-0.1, -0.05) is 12.1 Å². The molecule has 1 heterocycles. The second-order valence-electron chi connectivity index (χ2n) is 8.32. The molecule has 0 spiro atoms. The standard InChI is InChI=1S/C20H32BFN2O4/c1-19(2)20(3,4)28-21(27-19)17(24-18(25)16(23)13-26-5)8-6-7-14-9-11-15(22)12-10-14/h9-12,16-17H,6-8,13,23H2,1-5H3,(H,24,25). The Balaban J connectivity index is 2.03. The zero-order chi connectivity index (χ0) is 20.9. The van der Waals surface area contributed by atoms with E-state index in [9.17, 15) is 9.18 Å². The fourth-order valence-electron chi connectivity index (χ4n) is 3.05. The summed E-state index contributed by atoms with van der Waals surface area (Å²) in [6, 6.07) is 5.68. The topological polar surface area (TPSA) is 82.8 Å². The van der Waals surface area contributed by atoms with Crippen molar-refractivity contribution in [1.82, 2.24) is 5.32 Å². The van der Waals surface area contributed by atoms with Crippen molar-refractivity contribution in [3.63, 3.8) is 0 Å². The molecule has 0 bridgehead atoms. The van der Waals surface area contributed by atoms with E-state index in [4.69, 9.17) is 19.8 Å². The van der Waals surface area contributed by atoms with Gasteiger partial charge in [0.1, 0.15) is 11.9 Å². The van der Waals surface area contributed by atoms with Gasteiger partial charge in [-0.15, -0.1) is 0 Å². The Morgan fingerprint density at radius 1 is 1.21 bits per heavy atom. The molecule has 28 heavy (non-hydrogen) atoms. The number of carbonyl (C=O) groups is 1. The van der Waals surface area contributed by atoms with E-state index in [1.54, 1.807) is 12.1 Å². The average molecular weight is 394 g/mol. The van der Waals surface area contributed by atoms with Crippen LogP contribution in [0.25, 0.3) is 0 Å². The Hall–Kier alpha value is -1.48. The third-order valence-corrected chi connectivity index (χ3v) is 5.50. The van der Waals surface area contributed by atoms with Gasteiger partial charge in [0.05, 0.1) is 23.8 Å². The molecule has 156 valence electrons. The summed E-state index contributed by atoms with van der Waals surface area (Å²) in [6.07, 6.45) is 2.18. The van der Waals surface area contributed by atoms with Crippen LogP contribution in [0.4, 0.5) is 4.39 Å². The lowest BCUT2D eigenvalue weighted by Crippen LogP contribution is -2.53. The van der Waals surface area contributed by atoms with Crippen molar-refractivity contribution in [2.45, 2.75) is 70.1 Å². The minimum Gasteiger partial charge on any atom is -0.402 e. The van der Waals surface area contributed by atoms with Gasteiger partial charge >= 0.3 is 7.12 Å². The van der Waals surface area contributed by atoms with Crippen LogP contribution in [0, 0.1) is 5.82 Å². The van der Waals surface area contributed by atoms with Crippen molar-refractivity contribution in [2.24, 2.45) is 5.73 Å². The normalized spacial score (nSPS) is 20.0. The SMILES string of the molecule is COCC(N)C(=O)NC(CCCc1ccc(F)cc1)B1OC(C)(C)C(C)(C)O1. The predicted molar refractivity (Wildman–Crippen MR) is 107 cm³/mol. The van der Waals surface area contributed by atoms with Gasteiger partial charge in [0.15, 0.2) is 0 Å². The summed E-state index contributed by atoms with van der Waals surface area (Å²) in [4.78, 5) is 12.4. The van der Waals surface area contributed by atoms with Crippen LogP contribution in [-0.4, -0.2) is 49.9 Å². The van der Waals surface area contributed by atoms with Gasteiger partial charge in [-0.2, -0.15) is 0 Å². The summed E-state index contributed by atoms with van der Waals surface area (Å²) >= 11 is 0. The van der Waals surface area contributed by atoms with Crippen molar-refractivity contribution >= 4 is 13.0 Å². The van der Waals surface area contributed by atoms with E-state index in [2.05, 4.69) is 5.32 Å². The van der Waals surface area contributed by atoms with Gasteiger partial charge in [-0.3, -0.25) is 4.79 Å². The van der Waals surface area contributed by atoms with E-state index in [-0.39, 0.29) is 24.3 Å². The van der Waals surface area contributed by atoms with Crippen molar-refractivity contribution in [3.8, 4) is 0 Å². The highest BCUT2D eigenvalue weighted by atomic mass is 19.1. The Morgan fingerprint density at radius 3 is 2.32 bits per heavy atom. The number of ether oxygens (including phenoxy) is 1. The molecule has 1 fully saturated rings. The molecule has 1 saturated heterocycles. The van der Waals surface area contributed by atoms with Crippen LogP contribution < -0.4 is 11.1 Å². The minimum absolute atomic E-state index is 0.136. The average Bonchev–Trinajstić information content (AvgIpc) is 2.83. The van der Waals surface area contributed by atoms with Crippen molar-refractivity contribution in [3.05, 3.63) is 35.6 Å². The second kappa shape index (κ2) is 9.35. The molecule has 2 atom stereocenters. The van der Waals surface area contributed by atoms with E-state index in [0.717, 1.165) is 18.4 Å². The number of aryl methyl sites for hydroxylation is 1. The number of hydrogen-bond acceptors (Lipinski definition) is 5. The first kappa shape index (κ1) is 22.8. The zero-order valence-electron chi connectivity index (χ0n) is 17.5. The monoisotopic (exact) mass is 394 g/mol. The lowest BCUT2D eigenvalue weighted by molar-refractivity contribution is -0.123. The first-order valence-corrected chi connectivity index (χ1v) is 9.71. The van der Waals surface area contributed by atoms with Crippen molar-refractivity contribution < 1.29 is 23.2 Å². The van der Waals surface area contributed by atoms with E-state index in [1.807, 2.05) is 27.7 Å². The molecule has 0 saturated carbocycles. The van der Waals surface area contributed by atoms with Gasteiger partial charge in [-0.25, -0.2) is 4.39 Å². The van der Waals surface area contributed by atoms with Gasteiger partial charge in [-0.05, 0) is 64.7 Å². The third kappa shape index (κ3) is 5.76. The predicted octanol–water partition coefficient (Wildman–Crippen LogP) is 2.24. The van der Waals surface area contributed by atoms with E-state index < -0.39 is 24.4 Å². The number of hydrogen-bond donors (Lipinski definition) is 2. The van der Waals surface area contributed by atoms with Crippen LogP contribution in [0.3, 0.4) is 0 Å². The number of nitrogens with two attached hydrogens (primary N) is 1. The molecule has 8 heteroatoms.